The second-order valence-electron chi connectivity index (χ2n) is 7.12. The van der Waals surface area contributed by atoms with E-state index >= 15 is 0 Å². The summed E-state index contributed by atoms with van der Waals surface area (Å²) in [5.41, 5.74) is 3.06. The topological polar surface area (TPSA) is 83.9 Å². The second-order valence-corrected chi connectivity index (χ2v) is 7.56. The van der Waals surface area contributed by atoms with Gasteiger partial charge in [-0.1, -0.05) is 29.8 Å². The molecule has 0 aliphatic carbocycles. The summed E-state index contributed by atoms with van der Waals surface area (Å²) in [5, 5.41) is 0.607. The van der Waals surface area contributed by atoms with Gasteiger partial charge in [-0.3, -0.25) is 19.3 Å². The van der Waals surface area contributed by atoms with Crippen LogP contribution in [-0.2, 0) is 0 Å². The Bertz CT molecular complexity index is 1270. The van der Waals surface area contributed by atoms with Crippen molar-refractivity contribution in [1.29, 1.82) is 0 Å². The lowest BCUT2D eigenvalue weighted by atomic mass is 10.0. The van der Waals surface area contributed by atoms with E-state index in [0.29, 0.717) is 22.0 Å². The number of imidazole rings is 1. The highest BCUT2D eigenvalue weighted by atomic mass is 35.5. The van der Waals surface area contributed by atoms with Gasteiger partial charge < -0.3 is 9.88 Å². The smallest absolute Gasteiger partial charge is 0.329 e. The van der Waals surface area contributed by atoms with Crippen LogP contribution in [0.4, 0.5) is 0 Å². The first-order chi connectivity index (χ1) is 15.0. The number of aromatic nitrogens is 4. The zero-order valence-electron chi connectivity index (χ0n) is 17.0. The van der Waals surface area contributed by atoms with Crippen LogP contribution >= 0.6 is 11.6 Å². The fourth-order valence-corrected chi connectivity index (χ4v) is 3.69. The van der Waals surface area contributed by atoms with E-state index in [9.17, 15) is 9.59 Å². The van der Waals surface area contributed by atoms with Crippen LogP contribution in [0, 0.1) is 6.92 Å². The van der Waals surface area contributed by atoms with Crippen molar-refractivity contribution in [3.8, 4) is 5.69 Å². The van der Waals surface area contributed by atoms with E-state index in [1.165, 1.54) is 4.57 Å². The fourth-order valence-electron chi connectivity index (χ4n) is 3.56. The molecule has 2 aromatic carbocycles. The minimum absolute atomic E-state index is 0.214. The predicted octanol–water partition coefficient (Wildman–Crippen LogP) is 3.78. The summed E-state index contributed by atoms with van der Waals surface area (Å²) >= 11 is 6.05. The standard InChI is InChI=1S/C23H20ClN5O2/c1-15-13-27-23(31)29(15)19-5-3-4-17(12-19)22(30)28(2)21(20-14-25-10-11-26-20)16-6-8-18(24)9-7-16/h3-14,21H,1-2H3,(H,27,31). The Kier molecular flexibility index (Phi) is 5.68. The Morgan fingerprint density at radius 2 is 1.94 bits per heavy atom. The molecular weight excluding hydrogens is 414 g/mol. The van der Waals surface area contributed by atoms with Crippen LogP contribution in [0.15, 0.2) is 78.1 Å². The van der Waals surface area contributed by atoms with Gasteiger partial charge in [-0.25, -0.2) is 4.79 Å². The highest BCUT2D eigenvalue weighted by molar-refractivity contribution is 6.30. The molecule has 0 fully saturated rings. The maximum Gasteiger partial charge on any atom is 0.330 e. The monoisotopic (exact) mass is 433 g/mol. The second kappa shape index (κ2) is 8.57. The quantitative estimate of drug-likeness (QED) is 0.519. The minimum atomic E-state index is -0.459. The molecule has 1 N–H and O–H groups in total. The van der Waals surface area contributed by atoms with Gasteiger partial charge in [0.15, 0.2) is 0 Å². The summed E-state index contributed by atoms with van der Waals surface area (Å²) in [6.45, 7) is 1.82. The number of carbonyl (C=O) groups excluding carboxylic acids is 1. The number of benzene rings is 2. The number of halogens is 1. The lowest BCUT2D eigenvalue weighted by Crippen LogP contribution is -2.32. The van der Waals surface area contributed by atoms with Crippen molar-refractivity contribution in [3.05, 3.63) is 111 Å². The number of nitrogens with zero attached hydrogens (tertiary/aromatic N) is 4. The summed E-state index contributed by atoms with van der Waals surface area (Å²) in [5.74, 6) is -0.214. The Labute approximate surface area is 184 Å². The van der Waals surface area contributed by atoms with Crippen molar-refractivity contribution in [2.75, 3.05) is 7.05 Å². The average molecular weight is 434 g/mol. The van der Waals surface area contributed by atoms with Crippen molar-refractivity contribution in [3.63, 3.8) is 0 Å². The number of H-pyrrole nitrogens is 1. The van der Waals surface area contributed by atoms with Crippen LogP contribution < -0.4 is 5.69 Å². The average Bonchev–Trinajstić information content (AvgIpc) is 3.13. The van der Waals surface area contributed by atoms with Gasteiger partial charge in [0.25, 0.3) is 5.91 Å². The van der Waals surface area contributed by atoms with Crippen LogP contribution in [0.2, 0.25) is 5.02 Å². The number of amides is 1. The van der Waals surface area contributed by atoms with Gasteiger partial charge in [0.2, 0.25) is 0 Å². The molecule has 7 nitrogen and oxygen atoms in total. The van der Waals surface area contributed by atoms with E-state index < -0.39 is 6.04 Å². The Balaban J connectivity index is 1.73. The largest absolute Gasteiger partial charge is 0.330 e. The summed E-state index contributed by atoms with van der Waals surface area (Å²) in [6.07, 6.45) is 6.46. The molecule has 4 rings (SSSR count). The molecule has 4 aromatic rings. The Morgan fingerprint density at radius 1 is 1.16 bits per heavy atom. The van der Waals surface area contributed by atoms with Crippen molar-refractivity contribution in [2.24, 2.45) is 0 Å². The number of nitrogens with one attached hydrogen (secondary N) is 1. The van der Waals surface area contributed by atoms with Crippen molar-refractivity contribution in [2.45, 2.75) is 13.0 Å². The van der Waals surface area contributed by atoms with Crippen molar-refractivity contribution in [1.82, 2.24) is 24.4 Å². The number of hydrogen-bond acceptors (Lipinski definition) is 4. The molecule has 1 atom stereocenters. The number of carbonyl (C=O) groups is 1. The van der Waals surface area contributed by atoms with E-state index in [1.54, 1.807) is 73.1 Å². The molecule has 0 aliphatic rings. The molecule has 0 saturated heterocycles. The van der Waals surface area contributed by atoms with Gasteiger partial charge in [0.05, 0.1) is 17.6 Å². The molecule has 0 bridgehead atoms. The van der Waals surface area contributed by atoms with Gasteiger partial charge in [-0.15, -0.1) is 0 Å². The zero-order chi connectivity index (χ0) is 22.0. The molecule has 1 unspecified atom stereocenters. The molecule has 2 heterocycles. The maximum absolute atomic E-state index is 13.4. The fraction of sp³-hybridized carbons (Fsp3) is 0.130. The van der Waals surface area contributed by atoms with Crippen LogP contribution in [-0.4, -0.2) is 37.4 Å². The van der Waals surface area contributed by atoms with Crippen molar-refractivity contribution >= 4 is 17.5 Å². The molecule has 156 valence electrons. The normalized spacial score (nSPS) is 11.8. The summed E-state index contributed by atoms with van der Waals surface area (Å²) in [7, 11) is 1.72. The Hall–Kier alpha value is -3.71. The Morgan fingerprint density at radius 3 is 2.58 bits per heavy atom. The SMILES string of the molecule is Cc1c[nH]c(=O)n1-c1cccc(C(=O)N(C)C(c2ccc(Cl)cc2)c2cnccn2)c1. The molecule has 0 spiro atoms. The van der Waals surface area contributed by atoms with Crippen LogP contribution in [0.5, 0.6) is 0 Å². The molecule has 31 heavy (non-hydrogen) atoms. The van der Waals surface area contributed by atoms with Gasteiger partial charge in [0.1, 0.15) is 6.04 Å². The number of aromatic amines is 1. The lowest BCUT2D eigenvalue weighted by molar-refractivity contribution is 0.0752. The van der Waals surface area contributed by atoms with Crippen molar-refractivity contribution < 1.29 is 4.79 Å². The molecule has 0 radical (unpaired) electrons. The first kappa shape index (κ1) is 20.6. The number of rotatable bonds is 5. The summed E-state index contributed by atoms with van der Waals surface area (Å²) in [6, 6.07) is 13.8. The van der Waals surface area contributed by atoms with Gasteiger partial charge >= 0.3 is 5.69 Å². The number of aryl methyl sites for hydroxylation is 1. The highest BCUT2D eigenvalue weighted by Gasteiger charge is 2.26. The molecular formula is C23H20ClN5O2. The minimum Gasteiger partial charge on any atom is -0.329 e. The zero-order valence-corrected chi connectivity index (χ0v) is 17.7. The molecule has 1 amide bonds. The van der Waals surface area contributed by atoms with E-state index in [1.807, 2.05) is 19.1 Å². The third kappa shape index (κ3) is 4.13. The first-order valence-electron chi connectivity index (χ1n) is 9.61. The lowest BCUT2D eigenvalue weighted by Gasteiger charge is -2.28. The number of hydrogen-bond donors (Lipinski definition) is 1. The van der Waals surface area contributed by atoms with Crippen LogP contribution in [0.3, 0.4) is 0 Å². The highest BCUT2D eigenvalue weighted by Crippen LogP contribution is 2.28. The summed E-state index contributed by atoms with van der Waals surface area (Å²) in [4.78, 5) is 38.4. The third-order valence-electron chi connectivity index (χ3n) is 5.07. The van der Waals surface area contributed by atoms with Gasteiger partial charge in [-0.05, 0) is 42.8 Å². The molecule has 8 heteroatoms. The molecule has 0 aliphatic heterocycles. The van der Waals surface area contributed by atoms with E-state index in [4.69, 9.17) is 11.6 Å². The predicted molar refractivity (Wildman–Crippen MR) is 119 cm³/mol. The summed E-state index contributed by atoms with van der Waals surface area (Å²) < 4.78 is 1.52. The molecule has 0 saturated carbocycles. The van der Waals surface area contributed by atoms with E-state index in [-0.39, 0.29) is 11.6 Å². The van der Waals surface area contributed by atoms with E-state index in [0.717, 1.165) is 11.3 Å². The van der Waals surface area contributed by atoms with Gasteiger partial charge in [0, 0.05) is 41.9 Å². The van der Waals surface area contributed by atoms with Crippen LogP contribution in [0.25, 0.3) is 5.69 Å². The first-order valence-corrected chi connectivity index (χ1v) is 9.99. The van der Waals surface area contributed by atoms with E-state index in [2.05, 4.69) is 15.0 Å². The maximum atomic E-state index is 13.4. The molecule has 2 aromatic heterocycles. The van der Waals surface area contributed by atoms with Crippen LogP contribution in [0.1, 0.15) is 33.4 Å². The third-order valence-corrected chi connectivity index (χ3v) is 5.32. The van der Waals surface area contributed by atoms with Gasteiger partial charge in [-0.2, -0.15) is 0 Å².